The number of thiophene rings is 1. The van der Waals surface area contributed by atoms with Gasteiger partial charge in [-0.2, -0.15) is 4.39 Å². The van der Waals surface area contributed by atoms with Crippen LogP contribution in [0.5, 0.6) is 0 Å². The summed E-state index contributed by atoms with van der Waals surface area (Å²) in [5.74, 6) is -0.638. The SMILES string of the molecule is Cc1sc(-c2ccccc2C(=O)NCCOCCO)cc1C(=O)Nc1ncc(F)s1. The van der Waals surface area contributed by atoms with Crippen molar-refractivity contribution in [3.05, 3.63) is 57.7 Å². The quantitative estimate of drug-likeness (QED) is 0.435. The second-order valence-corrected chi connectivity index (χ2v) is 8.38. The summed E-state index contributed by atoms with van der Waals surface area (Å²) in [6, 6.07) is 8.85. The van der Waals surface area contributed by atoms with Crippen molar-refractivity contribution in [3.63, 3.8) is 0 Å². The molecule has 0 saturated carbocycles. The fourth-order valence-corrected chi connectivity index (χ4v) is 4.31. The number of hydrogen-bond donors (Lipinski definition) is 3. The van der Waals surface area contributed by atoms with Crippen LogP contribution in [0.15, 0.2) is 36.5 Å². The molecule has 0 aliphatic rings. The van der Waals surface area contributed by atoms with Gasteiger partial charge in [-0.15, -0.1) is 11.3 Å². The lowest BCUT2D eigenvalue weighted by molar-refractivity contribution is 0.0838. The Morgan fingerprint density at radius 2 is 1.97 bits per heavy atom. The van der Waals surface area contributed by atoms with Gasteiger partial charge in [0.15, 0.2) is 10.3 Å². The Bertz CT molecular complexity index is 1030. The standard InChI is InChI=1S/C20H20FN3O4S2/c1-12-15(19(27)24-20-23-11-17(21)30-20)10-16(29-12)13-4-2-3-5-14(13)18(26)22-6-8-28-9-7-25/h2-5,10-11,25H,6-9H2,1H3,(H,22,26)(H,23,24,27). The minimum absolute atomic E-state index is 0.0676. The van der Waals surface area contributed by atoms with Crippen molar-refractivity contribution in [1.29, 1.82) is 0 Å². The predicted octanol–water partition coefficient (Wildman–Crippen LogP) is 3.31. The summed E-state index contributed by atoms with van der Waals surface area (Å²) in [6.45, 7) is 2.58. The smallest absolute Gasteiger partial charge is 0.258 e. The zero-order valence-corrected chi connectivity index (χ0v) is 17.7. The van der Waals surface area contributed by atoms with Gasteiger partial charge in [-0.3, -0.25) is 14.9 Å². The molecule has 3 aromatic rings. The van der Waals surface area contributed by atoms with Gasteiger partial charge >= 0.3 is 0 Å². The number of amides is 2. The van der Waals surface area contributed by atoms with Crippen molar-refractivity contribution in [2.75, 3.05) is 31.7 Å². The van der Waals surface area contributed by atoms with E-state index in [2.05, 4.69) is 15.6 Å². The number of halogens is 1. The van der Waals surface area contributed by atoms with E-state index < -0.39 is 5.13 Å². The second kappa shape index (κ2) is 10.4. The molecule has 7 nitrogen and oxygen atoms in total. The normalized spacial score (nSPS) is 10.8. The van der Waals surface area contributed by atoms with Crippen LogP contribution in [0.4, 0.5) is 9.52 Å². The molecule has 0 fully saturated rings. The number of aliphatic hydroxyl groups is 1. The van der Waals surface area contributed by atoms with Gasteiger partial charge in [0.05, 0.1) is 31.6 Å². The highest BCUT2D eigenvalue weighted by atomic mass is 32.1. The van der Waals surface area contributed by atoms with E-state index in [0.717, 1.165) is 27.3 Å². The Kier molecular flexibility index (Phi) is 7.63. The Morgan fingerprint density at radius 3 is 2.70 bits per heavy atom. The number of nitrogens with zero attached hydrogens (tertiary/aromatic N) is 1. The summed E-state index contributed by atoms with van der Waals surface area (Å²) in [6.07, 6.45) is 1.05. The summed E-state index contributed by atoms with van der Waals surface area (Å²) in [5.41, 5.74) is 1.63. The van der Waals surface area contributed by atoms with E-state index in [1.54, 1.807) is 18.2 Å². The van der Waals surface area contributed by atoms with Crippen LogP contribution < -0.4 is 10.6 Å². The number of anilines is 1. The number of aliphatic hydroxyl groups excluding tert-OH is 1. The Labute approximate surface area is 180 Å². The van der Waals surface area contributed by atoms with Crippen LogP contribution >= 0.6 is 22.7 Å². The number of aryl methyl sites for hydroxylation is 1. The molecule has 0 aliphatic carbocycles. The van der Waals surface area contributed by atoms with Crippen LogP contribution in [0, 0.1) is 12.1 Å². The molecule has 2 aromatic heterocycles. The van der Waals surface area contributed by atoms with Gasteiger partial charge in [0.25, 0.3) is 11.8 Å². The van der Waals surface area contributed by atoms with E-state index in [-0.39, 0.29) is 30.2 Å². The van der Waals surface area contributed by atoms with Gasteiger partial charge in [-0.05, 0) is 19.1 Å². The number of benzene rings is 1. The first-order valence-corrected chi connectivity index (χ1v) is 10.7. The third kappa shape index (κ3) is 5.48. The summed E-state index contributed by atoms with van der Waals surface area (Å²) in [4.78, 5) is 30.5. The summed E-state index contributed by atoms with van der Waals surface area (Å²) < 4.78 is 18.2. The van der Waals surface area contributed by atoms with Crippen molar-refractivity contribution < 1.29 is 23.8 Å². The fraction of sp³-hybridized carbons (Fsp3) is 0.250. The predicted molar refractivity (Wildman–Crippen MR) is 115 cm³/mol. The highest BCUT2D eigenvalue weighted by Crippen LogP contribution is 2.34. The highest BCUT2D eigenvalue weighted by Gasteiger charge is 2.19. The Hall–Kier alpha value is -2.66. The number of rotatable bonds is 9. The largest absolute Gasteiger partial charge is 0.394 e. The summed E-state index contributed by atoms with van der Waals surface area (Å²) >= 11 is 2.15. The van der Waals surface area contributed by atoms with Crippen molar-refractivity contribution >= 4 is 39.6 Å². The highest BCUT2D eigenvalue weighted by molar-refractivity contribution is 7.16. The zero-order valence-electron chi connectivity index (χ0n) is 16.1. The molecule has 30 heavy (non-hydrogen) atoms. The number of hydrogen-bond acceptors (Lipinski definition) is 7. The number of aromatic nitrogens is 1. The van der Waals surface area contributed by atoms with Gasteiger partial charge in [0.1, 0.15) is 0 Å². The third-order valence-corrected chi connectivity index (χ3v) is 5.85. The van der Waals surface area contributed by atoms with E-state index >= 15 is 0 Å². The molecule has 0 atom stereocenters. The molecule has 158 valence electrons. The minimum atomic E-state index is -0.477. The lowest BCUT2D eigenvalue weighted by Crippen LogP contribution is -2.28. The Morgan fingerprint density at radius 1 is 1.17 bits per heavy atom. The van der Waals surface area contributed by atoms with Crippen LogP contribution in [0.2, 0.25) is 0 Å². The van der Waals surface area contributed by atoms with Crippen molar-refractivity contribution in [2.45, 2.75) is 6.92 Å². The average molecular weight is 450 g/mol. The molecule has 0 aliphatic heterocycles. The van der Waals surface area contributed by atoms with E-state index in [1.807, 2.05) is 19.1 Å². The van der Waals surface area contributed by atoms with Crippen LogP contribution in [0.1, 0.15) is 25.6 Å². The van der Waals surface area contributed by atoms with Crippen LogP contribution in [-0.4, -0.2) is 48.3 Å². The Balaban J connectivity index is 1.76. The maximum absolute atomic E-state index is 13.1. The van der Waals surface area contributed by atoms with Crippen molar-refractivity contribution in [3.8, 4) is 10.4 Å². The van der Waals surface area contributed by atoms with Crippen LogP contribution in [-0.2, 0) is 4.74 Å². The monoisotopic (exact) mass is 449 g/mol. The number of ether oxygens (including phenoxy) is 1. The van der Waals surface area contributed by atoms with Crippen LogP contribution in [0.3, 0.4) is 0 Å². The number of thiazole rings is 1. The first-order valence-electron chi connectivity index (χ1n) is 9.09. The lowest BCUT2D eigenvalue weighted by Gasteiger charge is -2.09. The van der Waals surface area contributed by atoms with Crippen molar-refractivity contribution in [1.82, 2.24) is 10.3 Å². The first-order chi connectivity index (χ1) is 14.5. The lowest BCUT2D eigenvalue weighted by atomic mass is 10.0. The number of nitrogens with one attached hydrogen (secondary N) is 2. The molecular weight excluding hydrogens is 429 g/mol. The average Bonchev–Trinajstić information content (AvgIpc) is 3.32. The van der Waals surface area contributed by atoms with E-state index in [9.17, 15) is 14.0 Å². The van der Waals surface area contributed by atoms with Crippen molar-refractivity contribution in [2.24, 2.45) is 0 Å². The fourth-order valence-electron chi connectivity index (χ4n) is 2.71. The summed E-state index contributed by atoms with van der Waals surface area (Å²) in [5, 5.41) is 13.8. The molecule has 0 radical (unpaired) electrons. The third-order valence-electron chi connectivity index (χ3n) is 4.07. The molecule has 2 amide bonds. The van der Waals surface area contributed by atoms with Gasteiger partial charge in [-0.1, -0.05) is 29.5 Å². The minimum Gasteiger partial charge on any atom is -0.394 e. The van der Waals surface area contributed by atoms with Gasteiger partial charge in [0, 0.05) is 27.4 Å². The molecular formula is C20H20FN3O4S2. The molecule has 10 heteroatoms. The molecule has 0 unspecified atom stereocenters. The van der Waals surface area contributed by atoms with Gasteiger partial charge < -0.3 is 15.2 Å². The topological polar surface area (TPSA) is 101 Å². The van der Waals surface area contributed by atoms with Gasteiger partial charge in [-0.25, -0.2) is 4.98 Å². The second-order valence-electron chi connectivity index (χ2n) is 6.14. The number of carbonyl (C=O) groups excluding carboxylic acids is 2. The summed E-state index contributed by atoms with van der Waals surface area (Å²) in [7, 11) is 0. The molecule has 0 spiro atoms. The van der Waals surface area contributed by atoms with Crippen LogP contribution in [0.25, 0.3) is 10.4 Å². The maximum Gasteiger partial charge on any atom is 0.258 e. The number of carbonyl (C=O) groups is 2. The van der Waals surface area contributed by atoms with E-state index in [4.69, 9.17) is 9.84 Å². The maximum atomic E-state index is 13.1. The molecule has 1 aromatic carbocycles. The molecule has 0 saturated heterocycles. The van der Waals surface area contributed by atoms with Gasteiger partial charge in [0.2, 0.25) is 0 Å². The zero-order chi connectivity index (χ0) is 21.5. The van der Waals surface area contributed by atoms with E-state index in [1.165, 1.54) is 11.3 Å². The first kappa shape index (κ1) is 22.0. The molecule has 3 rings (SSSR count). The molecule has 2 heterocycles. The molecule has 3 N–H and O–H groups in total. The molecule has 0 bridgehead atoms. The van der Waals surface area contributed by atoms with E-state index in [0.29, 0.717) is 29.8 Å².